The molecule has 114 valence electrons. The standard InChI is InChI=1S/C16H14BrFN2O2/c1-10(17)15(21)20-13-9-5-8-12(18)14(13)16(22)19-11-6-3-2-4-7-11/h2-10H,1H3,(H,19,22)(H,20,21). The fourth-order valence-electron chi connectivity index (χ4n) is 1.81. The summed E-state index contributed by atoms with van der Waals surface area (Å²) in [7, 11) is 0. The molecule has 6 heteroatoms. The number of carbonyl (C=O) groups excluding carboxylic acids is 2. The molecule has 0 radical (unpaired) electrons. The Hall–Kier alpha value is -2.21. The van der Waals surface area contributed by atoms with Crippen molar-refractivity contribution >= 4 is 39.1 Å². The predicted octanol–water partition coefficient (Wildman–Crippen LogP) is 3.80. The Kier molecular flexibility index (Phi) is 5.27. The topological polar surface area (TPSA) is 58.2 Å². The first-order valence-electron chi connectivity index (χ1n) is 6.59. The zero-order valence-corrected chi connectivity index (χ0v) is 13.4. The number of amides is 2. The number of benzene rings is 2. The Morgan fingerprint density at radius 2 is 1.73 bits per heavy atom. The molecule has 2 aromatic carbocycles. The van der Waals surface area contributed by atoms with Crippen molar-refractivity contribution in [3.05, 3.63) is 59.9 Å². The van der Waals surface area contributed by atoms with E-state index in [1.165, 1.54) is 18.2 Å². The molecule has 0 saturated carbocycles. The van der Waals surface area contributed by atoms with Gasteiger partial charge in [0, 0.05) is 5.69 Å². The minimum Gasteiger partial charge on any atom is -0.324 e. The lowest BCUT2D eigenvalue weighted by Gasteiger charge is -2.13. The molecular formula is C16H14BrFN2O2. The van der Waals surface area contributed by atoms with E-state index in [4.69, 9.17) is 0 Å². The molecule has 0 fully saturated rings. The number of nitrogens with one attached hydrogen (secondary N) is 2. The number of alkyl halides is 1. The summed E-state index contributed by atoms with van der Waals surface area (Å²) >= 11 is 3.12. The summed E-state index contributed by atoms with van der Waals surface area (Å²) in [6.07, 6.45) is 0. The molecule has 4 nitrogen and oxygen atoms in total. The molecule has 1 unspecified atom stereocenters. The van der Waals surface area contributed by atoms with Gasteiger partial charge in [0.25, 0.3) is 5.91 Å². The third-order valence-electron chi connectivity index (χ3n) is 2.89. The summed E-state index contributed by atoms with van der Waals surface area (Å²) < 4.78 is 14.0. The van der Waals surface area contributed by atoms with Gasteiger partial charge in [-0.15, -0.1) is 0 Å². The summed E-state index contributed by atoms with van der Waals surface area (Å²) in [4.78, 5) is 23.6. The van der Waals surface area contributed by atoms with Gasteiger partial charge in [0.15, 0.2) is 0 Å². The Morgan fingerprint density at radius 1 is 1.05 bits per heavy atom. The number of carbonyl (C=O) groups is 2. The molecule has 22 heavy (non-hydrogen) atoms. The molecule has 0 heterocycles. The number of hydrogen-bond donors (Lipinski definition) is 2. The van der Waals surface area contributed by atoms with Crippen LogP contribution in [0.1, 0.15) is 17.3 Å². The molecule has 0 aliphatic carbocycles. The van der Waals surface area contributed by atoms with Crippen molar-refractivity contribution in [2.75, 3.05) is 10.6 Å². The average molecular weight is 365 g/mol. The highest BCUT2D eigenvalue weighted by molar-refractivity contribution is 9.10. The van der Waals surface area contributed by atoms with E-state index >= 15 is 0 Å². The molecular weight excluding hydrogens is 351 g/mol. The predicted molar refractivity (Wildman–Crippen MR) is 87.8 cm³/mol. The van der Waals surface area contributed by atoms with E-state index in [-0.39, 0.29) is 17.2 Å². The minimum atomic E-state index is -0.701. The lowest BCUT2D eigenvalue weighted by Crippen LogP contribution is -2.23. The van der Waals surface area contributed by atoms with Gasteiger partial charge in [-0.05, 0) is 31.2 Å². The smallest absolute Gasteiger partial charge is 0.260 e. The molecule has 2 N–H and O–H groups in total. The molecule has 0 aliphatic rings. The first-order chi connectivity index (χ1) is 10.5. The lowest BCUT2D eigenvalue weighted by molar-refractivity contribution is -0.115. The van der Waals surface area contributed by atoms with Gasteiger partial charge in [-0.25, -0.2) is 4.39 Å². The quantitative estimate of drug-likeness (QED) is 0.810. The van der Waals surface area contributed by atoms with Crippen LogP contribution >= 0.6 is 15.9 Å². The van der Waals surface area contributed by atoms with Crippen LogP contribution in [0, 0.1) is 5.82 Å². The van der Waals surface area contributed by atoms with Crippen molar-refractivity contribution in [2.45, 2.75) is 11.8 Å². The first kappa shape index (κ1) is 16.2. The highest BCUT2D eigenvalue weighted by atomic mass is 79.9. The van der Waals surface area contributed by atoms with Gasteiger partial charge in [-0.3, -0.25) is 9.59 Å². The van der Waals surface area contributed by atoms with Crippen LogP contribution in [-0.4, -0.2) is 16.6 Å². The second-order valence-electron chi connectivity index (χ2n) is 4.59. The van der Waals surface area contributed by atoms with Crippen molar-refractivity contribution in [1.82, 2.24) is 0 Å². The van der Waals surface area contributed by atoms with Crippen LogP contribution in [0.4, 0.5) is 15.8 Å². The molecule has 2 aromatic rings. The molecule has 0 aromatic heterocycles. The van der Waals surface area contributed by atoms with Gasteiger partial charge in [0.1, 0.15) is 5.82 Å². The number of rotatable bonds is 4. The van der Waals surface area contributed by atoms with Gasteiger partial charge in [0.05, 0.1) is 16.1 Å². The van der Waals surface area contributed by atoms with E-state index in [2.05, 4.69) is 26.6 Å². The molecule has 0 bridgehead atoms. The van der Waals surface area contributed by atoms with Gasteiger partial charge < -0.3 is 10.6 Å². The first-order valence-corrected chi connectivity index (χ1v) is 7.50. The van der Waals surface area contributed by atoms with Gasteiger partial charge in [-0.2, -0.15) is 0 Å². The Morgan fingerprint density at radius 3 is 2.36 bits per heavy atom. The van der Waals surface area contributed by atoms with Crippen LogP contribution in [0.5, 0.6) is 0 Å². The van der Waals surface area contributed by atoms with Crippen LogP contribution in [0.15, 0.2) is 48.5 Å². The van der Waals surface area contributed by atoms with Crippen molar-refractivity contribution in [2.24, 2.45) is 0 Å². The minimum absolute atomic E-state index is 0.129. The third kappa shape index (κ3) is 3.92. The normalized spacial score (nSPS) is 11.6. The van der Waals surface area contributed by atoms with Crippen LogP contribution < -0.4 is 10.6 Å². The number of hydrogen-bond acceptors (Lipinski definition) is 2. The summed E-state index contributed by atoms with van der Waals surface area (Å²) in [5, 5.41) is 5.13. The lowest BCUT2D eigenvalue weighted by atomic mass is 10.1. The fourth-order valence-corrected chi connectivity index (χ4v) is 1.92. The van der Waals surface area contributed by atoms with E-state index in [0.717, 1.165) is 0 Å². The van der Waals surface area contributed by atoms with Crippen molar-refractivity contribution in [1.29, 1.82) is 0 Å². The van der Waals surface area contributed by atoms with Crippen molar-refractivity contribution in [3.63, 3.8) is 0 Å². The van der Waals surface area contributed by atoms with Crippen molar-refractivity contribution in [3.8, 4) is 0 Å². The monoisotopic (exact) mass is 364 g/mol. The fraction of sp³-hybridized carbons (Fsp3) is 0.125. The van der Waals surface area contributed by atoms with Crippen LogP contribution in [0.3, 0.4) is 0 Å². The maximum atomic E-state index is 14.0. The number of para-hydroxylation sites is 1. The van der Waals surface area contributed by atoms with E-state index in [0.29, 0.717) is 5.69 Å². The SMILES string of the molecule is CC(Br)C(=O)Nc1cccc(F)c1C(=O)Nc1ccccc1. The molecule has 1 atom stereocenters. The largest absolute Gasteiger partial charge is 0.324 e. The van der Waals surface area contributed by atoms with E-state index in [9.17, 15) is 14.0 Å². The van der Waals surface area contributed by atoms with Crippen LogP contribution in [0.2, 0.25) is 0 Å². The molecule has 0 aliphatic heterocycles. The summed E-state index contributed by atoms with van der Waals surface area (Å²) in [6, 6.07) is 12.8. The second-order valence-corrected chi connectivity index (χ2v) is 5.96. The van der Waals surface area contributed by atoms with E-state index < -0.39 is 16.6 Å². The zero-order valence-electron chi connectivity index (χ0n) is 11.8. The second kappa shape index (κ2) is 7.17. The summed E-state index contributed by atoms with van der Waals surface area (Å²) in [5.74, 6) is -1.69. The van der Waals surface area contributed by atoms with Gasteiger partial charge in [0.2, 0.25) is 5.91 Å². The van der Waals surface area contributed by atoms with Crippen LogP contribution in [0.25, 0.3) is 0 Å². The summed E-state index contributed by atoms with van der Waals surface area (Å²) in [6.45, 7) is 1.64. The number of anilines is 2. The van der Waals surface area contributed by atoms with E-state index in [1.807, 2.05) is 6.07 Å². The molecule has 0 saturated heterocycles. The van der Waals surface area contributed by atoms with Crippen LogP contribution in [-0.2, 0) is 4.79 Å². The van der Waals surface area contributed by atoms with Gasteiger partial charge in [-0.1, -0.05) is 40.2 Å². The van der Waals surface area contributed by atoms with Crippen molar-refractivity contribution < 1.29 is 14.0 Å². The maximum Gasteiger partial charge on any atom is 0.260 e. The van der Waals surface area contributed by atoms with Gasteiger partial charge >= 0.3 is 0 Å². The Balaban J connectivity index is 2.29. The molecule has 2 rings (SSSR count). The van der Waals surface area contributed by atoms with E-state index in [1.54, 1.807) is 31.2 Å². The summed E-state index contributed by atoms with van der Waals surface area (Å²) in [5.41, 5.74) is 0.472. The average Bonchev–Trinajstić information content (AvgIpc) is 2.48. The molecule has 2 amide bonds. The third-order valence-corrected chi connectivity index (χ3v) is 3.31. The zero-order chi connectivity index (χ0) is 16.1. The Bertz CT molecular complexity index is 690. The number of halogens is 2. The highest BCUT2D eigenvalue weighted by Gasteiger charge is 2.19. The highest BCUT2D eigenvalue weighted by Crippen LogP contribution is 2.21. The maximum absolute atomic E-state index is 14.0. The molecule has 0 spiro atoms. The Labute approximate surface area is 135 Å².